The highest BCUT2D eigenvalue weighted by Gasteiger charge is 2.19. The van der Waals surface area contributed by atoms with E-state index in [-0.39, 0.29) is 4.90 Å². The summed E-state index contributed by atoms with van der Waals surface area (Å²) in [5.74, 6) is 0.917. The average Bonchev–Trinajstić information content (AvgIpc) is 2.99. The molecule has 8 nitrogen and oxygen atoms in total. The molecule has 0 saturated carbocycles. The molecule has 0 fully saturated rings. The highest BCUT2D eigenvalue weighted by atomic mass is 32.2. The second-order valence-corrected chi connectivity index (χ2v) is 8.47. The van der Waals surface area contributed by atoms with Crippen molar-refractivity contribution in [3.63, 3.8) is 0 Å². The van der Waals surface area contributed by atoms with Gasteiger partial charge in [-0.15, -0.1) is 0 Å². The van der Waals surface area contributed by atoms with Crippen LogP contribution in [0.5, 0.6) is 11.5 Å². The van der Waals surface area contributed by atoms with Crippen LogP contribution in [0.4, 0.5) is 21.9 Å². The number of carbonyl (C=O) groups excluding carboxylic acids is 1. The number of rotatable bonds is 5. The number of urea groups is 1. The fraction of sp³-hybridized carbons (Fsp3) is 0.136. The summed E-state index contributed by atoms with van der Waals surface area (Å²) in [6.07, 6.45) is 0.729. The van der Waals surface area contributed by atoms with Crippen molar-refractivity contribution in [3.05, 3.63) is 72.8 Å². The lowest BCUT2D eigenvalue weighted by molar-refractivity contribution is 0.262. The standard InChI is InChI=1S/C22H21N3O5S/c26-22(23-16-6-2-1-3-7-16)24-17-8-4-9-18(14-17)25-31(27,28)19-10-11-20-21(15-19)30-13-5-12-29-20/h1-4,6-11,14-15,25H,5,12-13H2,(H2,23,24,26). The van der Waals surface area contributed by atoms with Crippen LogP contribution in [0.25, 0.3) is 0 Å². The first-order chi connectivity index (χ1) is 15.0. The van der Waals surface area contributed by atoms with Crippen molar-refractivity contribution in [2.45, 2.75) is 11.3 Å². The summed E-state index contributed by atoms with van der Waals surface area (Å²) in [6, 6.07) is 19.5. The largest absolute Gasteiger partial charge is 0.490 e. The number of ether oxygens (including phenoxy) is 2. The molecule has 0 radical (unpaired) electrons. The Hall–Kier alpha value is -3.72. The van der Waals surface area contributed by atoms with Gasteiger partial charge in [-0.2, -0.15) is 0 Å². The molecule has 0 aliphatic carbocycles. The van der Waals surface area contributed by atoms with Crippen molar-refractivity contribution in [2.75, 3.05) is 28.6 Å². The smallest absolute Gasteiger partial charge is 0.323 e. The second kappa shape index (κ2) is 8.97. The van der Waals surface area contributed by atoms with E-state index in [1.54, 1.807) is 36.4 Å². The average molecular weight is 439 g/mol. The molecule has 31 heavy (non-hydrogen) atoms. The predicted octanol–water partition coefficient (Wildman–Crippen LogP) is 4.29. The summed E-state index contributed by atoms with van der Waals surface area (Å²) >= 11 is 0. The van der Waals surface area contributed by atoms with Gasteiger partial charge in [-0.1, -0.05) is 24.3 Å². The number of hydrogen-bond acceptors (Lipinski definition) is 5. The Bertz CT molecular complexity index is 1180. The first kappa shape index (κ1) is 20.5. The van der Waals surface area contributed by atoms with Crippen LogP contribution in [0, 0.1) is 0 Å². The Kier molecular flexibility index (Phi) is 5.94. The van der Waals surface area contributed by atoms with Crippen LogP contribution in [0.1, 0.15) is 6.42 Å². The van der Waals surface area contributed by atoms with E-state index in [4.69, 9.17) is 9.47 Å². The van der Waals surface area contributed by atoms with Crippen LogP contribution in [0.2, 0.25) is 0 Å². The molecule has 1 heterocycles. The van der Waals surface area contributed by atoms with E-state index in [2.05, 4.69) is 15.4 Å². The number of fused-ring (bicyclic) bond motifs is 1. The molecule has 0 atom stereocenters. The van der Waals surface area contributed by atoms with Crippen molar-refractivity contribution in [2.24, 2.45) is 0 Å². The lowest BCUT2D eigenvalue weighted by Crippen LogP contribution is -2.19. The Morgan fingerprint density at radius 3 is 2.23 bits per heavy atom. The Labute approximate surface area is 180 Å². The molecule has 0 bridgehead atoms. The third kappa shape index (κ3) is 5.26. The van der Waals surface area contributed by atoms with Crippen molar-refractivity contribution in [3.8, 4) is 11.5 Å². The molecular formula is C22H21N3O5S. The highest BCUT2D eigenvalue weighted by molar-refractivity contribution is 7.92. The van der Waals surface area contributed by atoms with Gasteiger partial charge in [0.25, 0.3) is 10.0 Å². The molecule has 1 aliphatic heterocycles. The SMILES string of the molecule is O=C(Nc1ccccc1)Nc1cccc(NS(=O)(=O)c2ccc3c(c2)OCCCO3)c1. The number of anilines is 3. The molecule has 0 unspecified atom stereocenters. The van der Waals surface area contributed by atoms with Gasteiger partial charge >= 0.3 is 6.03 Å². The number of nitrogens with one attached hydrogen (secondary N) is 3. The van der Waals surface area contributed by atoms with Crippen LogP contribution >= 0.6 is 0 Å². The van der Waals surface area contributed by atoms with Crippen LogP contribution in [0.3, 0.4) is 0 Å². The minimum Gasteiger partial charge on any atom is -0.490 e. The Morgan fingerprint density at radius 2 is 1.42 bits per heavy atom. The van der Waals surface area contributed by atoms with Gasteiger partial charge < -0.3 is 20.1 Å². The summed E-state index contributed by atoms with van der Waals surface area (Å²) < 4.78 is 39.3. The number of amides is 2. The quantitative estimate of drug-likeness (QED) is 0.550. The van der Waals surface area contributed by atoms with E-state index in [0.717, 1.165) is 6.42 Å². The number of para-hydroxylation sites is 1. The predicted molar refractivity (Wildman–Crippen MR) is 118 cm³/mol. The van der Waals surface area contributed by atoms with E-state index in [9.17, 15) is 13.2 Å². The summed E-state index contributed by atoms with van der Waals surface area (Å²) in [7, 11) is -3.87. The monoisotopic (exact) mass is 439 g/mol. The summed E-state index contributed by atoms with van der Waals surface area (Å²) in [4.78, 5) is 12.2. The van der Waals surface area contributed by atoms with Gasteiger partial charge in [-0.3, -0.25) is 4.72 Å². The molecule has 0 aromatic heterocycles. The molecule has 4 rings (SSSR count). The molecule has 2 amide bonds. The third-order valence-electron chi connectivity index (χ3n) is 4.43. The lowest BCUT2D eigenvalue weighted by atomic mass is 10.3. The Balaban J connectivity index is 1.46. The minimum absolute atomic E-state index is 0.0527. The topological polar surface area (TPSA) is 106 Å². The molecule has 0 saturated heterocycles. The summed E-state index contributed by atoms with van der Waals surface area (Å²) in [6.45, 7) is 0.984. The number of hydrogen-bond donors (Lipinski definition) is 3. The molecule has 3 aromatic rings. The van der Waals surface area contributed by atoms with Crippen molar-refractivity contribution in [1.29, 1.82) is 0 Å². The van der Waals surface area contributed by atoms with Crippen molar-refractivity contribution >= 4 is 33.1 Å². The van der Waals surface area contributed by atoms with Gasteiger partial charge in [0, 0.05) is 23.9 Å². The molecule has 3 aromatic carbocycles. The zero-order valence-corrected chi connectivity index (χ0v) is 17.3. The van der Waals surface area contributed by atoms with Crippen molar-refractivity contribution in [1.82, 2.24) is 0 Å². The lowest BCUT2D eigenvalue weighted by Gasteiger charge is -2.13. The van der Waals surface area contributed by atoms with Crippen LogP contribution in [-0.2, 0) is 10.0 Å². The van der Waals surface area contributed by atoms with Gasteiger partial charge in [-0.05, 0) is 42.5 Å². The fourth-order valence-corrected chi connectivity index (χ4v) is 4.06. The maximum Gasteiger partial charge on any atom is 0.323 e. The van der Waals surface area contributed by atoms with Gasteiger partial charge in [0.05, 0.1) is 23.8 Å². The maximum atomic E-state index is 12.8. The second-order valence-electron chi connectivity index (χ2n) is 6.79. The third-order valence-corrected chi connectivity index (χ3v) is 5.81. The molecular weight excluding hydrogens is 418 g/mol. The first-order valence-corrected chi connectivity index (χ1v) is 11.1. The fourth-order valence-electron chi connectivity index (χ4n) is 3.00. The molecule has 3 N–H and O–H groups in total. The molecule has 1 aliphatic rings. The number of carbonyl (C=O) groups is 1. The zero-order valence-electron chi connectivity index (χ0n) is 16.5. The van der Waals surface area contributed by atoms with E-state index in [0.29, 0.717) is 41.8 Å². The maximum absolute atomic E-state index is 12.8. The van der Waals surface area contributed by atoms with Crippen LogP contribution in [-0.4, -0.2) is 27.7 Å². The highest BCUT2D eigenvalue weighted by Crippen LogP contribution is 2.32. The first-order valence-electron chi connectivity index (χ1n) is 9.65. The molecule has 9 heteroatoms. The van der Waals surface area contributed by atoms with Crippen molar-refractivity contribution < 1.29 is 22.7 Å². The minimum atomic E-state index is -3.87. The summed E-state index contributed by atoms with van der Waals surface area (Å²) in [5, 5.41) is 5.39. The summed E-state index contributed by atoms with van der Waals surface area (Å²) in [5.41, 5.74) is 1.39. The van der Waals surface area contributed by atoms with Gasteiger partial charge in [0.2, 0.25) is 0 Å². The zero-order chi connectivity index (χ0) is 21.7. The van der Waals surface area contributed by atoms with Gasteiger partial charge in [0.1, 0.15) is 0 Å². The van der Waals surface area contributed by atoms with Crippen LogP contribution < -0.4 is 24.8 Å². The van der Waals surface area contributed by atoms with Crippen LogP contribution in [0.15, 0.2) is 77.7 Å². The van der Waals surface area contributed by atoms with E-state index in [1.165, 1.54) is 18.2 Å². The number of sulfonamides is 1. The Morgan fingerprint density at radius 1 is 0.742 bits per heavy atom. The molecule has 160 valence electrons. The van der Waals surface area contributed by atoms with E-state index in [1.807, 2.05) is 18.2 Å². The normalized spacial score (nSPS) is 13.0. The molecule has 0 spiro atoms. The van der Waals surface area contributed by atoms with Gasteiger partial charge in [0.15, 0.2) is 11.5 Å². The van der Waals surface area contributed by atoms with E-state index < -0.39 is 16.1 Å². The van der Waals surface area contributed by atoms with Gasteiger partial charge in [-0.25, -0.2) is 13.2 Å². The number of benzene rings is 3. The van der Waals surface area contributed by atoms with E-state index >= 15 is 0 Å².